The summed E-state index contributed by atoms with van der Waals surface area (Å²) in [7, 11) is 0. The van der Waals surface area contributed by atoms with Crippen molar-refractivity contribution in [2.45, 2.75) is 25.8 Å². The standard InChI is InChI=1S/C12H14Cl2N4O/c1-3-15-10(19)6-18-11(7(2)13)17-9-4-8(14)5-16-12(9)18/h4-5,7H,3,6H2,1-2H3,(H,15,19). The Morgan fingerprint density at radius 2 is 2.32 bits per heavy atom. The highest BCUT2D eigenvalue weighted by molar-refractivity contribution is 6.31. The molecule has 2 aromatic rings. The summed E-state index contributed by atoms with van der Waals surface area (Å²) in [5.74, 6) is 0.509. The molecule has 1 unspecified atom stereocenters. The number of pyridine rings is 1. The minimum absolute atomic E-state index is 0.0999. The molecule has 2 heterocycles. The number of hydrogen-bond acceptors (Lipinski definition) is 3. The molecular weight excluding hydrogens is 287 g/mol. The van der Waals surface area contributed by atoms with E-state index in [9.17, 15) is 4.79 Å². The van der Waals surface area contributed by atoms with E-state index in [-0.39, 0.29) is 17.8 Å². The lowest BCUT2D eigenvalue weighted by molar-refractivity contribution is -0.121. The number of carbonyl (C=O) groups excluding carboxylic acids is 1. The van der Waals surface area contributed by atoms with Gasteiger partial charge in [0.05, 0.1) is 10.4 Å². The van der Waals surface area contributed by atoms with Gasteiger partial charge in [-0.15, -0.1) is 11.6 Å². The van der Waals surface area contributed by atoms with Crippen LogP contribution in [0.25, 0.3) is 11.2 Å². The Hall–Kier alpha value is -1.33. The van der Waals surface area contributed by atoms with Crippen LogP contribution in [0.5, 0.6) is 0 Å². The van der Waals surface area contributed by atoms with Crippen molar-refractivity contribution in [1.29, 1.82) is 0 Å². The molecule has 0 saturated heterocycles. The molecule has 0 radical (unpaired) electrons. The van der Waals surface area contributed by atoms with E-state index in [0.717, 1.165) is 0 Å². The lowest BCUT2D eigenvalue weighted by atomic mass is 10.4. The Kier molecular flexibility index (Phi) is 4.27. The second kappa shape index (κ2) is 5.75. The van der Waals surface area contributed by atoms with Gasteiger partial charge in [0.2, 0.25) is 5.91 Å². The first-order valence-electron chi connectivity index (χ1n) is 5.95. The van der Waals surface area contributed by atoms with Crippen LogP contribution in [0.15, 0.2) is 12.3 Å². The van der Waals surface area contributed by atoms with Crippen LogP contribution in [-0.4, -0.2) is 27.0 Å². The first-order valence-corrected chi connectivity index (χ1v) is 6.76. The average molecular weight is 301 g/mol. The number of likely N-dealkylation sites (N-methyl/N-ethyl adjacent to an activating group) is 1. The summed E-state index contributed by atoms with van der Waals surface area (Å²) in [5.41, 5.74) is 1.25. The van der Waals surface area contributed by atoms with Gasteiger partial charge < -0.3 is 9.88 Å². The fourth-order valence-electron chi connectivity index (χ4n) is 1.86. The van der Waals surface area contributed by atoms with Crippen LogP contribution >= 0.6 is 23.2 Å². The summed E-state index contributed by atoms with van der Waals surface area (Å²) >= 11 is 12.0. The van der Waals surface area contributed by atoms with Gasteiger partial charge in [-0.1, -0.05) is 11.6 Å². The van der Waals surface area contributed by atoms with E-state index in [1.165, 1.54) is 6.20 Å². The number of aromatic nitrogens is 3. The molecule has 0 spiro atoms. The fraction of sp³-hybridized carbons (Fsp3) is 0.417. The Morgan fingerprint density at radius 1 is 1.58 bits per heavy atom. The highest BCUT2D eigenvalue weighted by Gasteiger charge is 2.18. The van der Waals surface area contributed by atoms with Crippen molar-refractivity contribution < 1.29 is 4.79 Å². The number of nitrogens with one attached hydrogen (secondary N) is 1. The van der Waals surface area contributed by atoms with Crippen LogP contribution < -0.4 is 5.32 Å². The number of amides is 1. The first-order chi connectivity index (χ1) is 9.02. The number of alkyl halides is 1. The van der Waals surface area contributed by atoms with Gasteiger partial charge in [0.1, 0.15) is 17.9 Å². The lowest BCUT2D eigenvalue weighted by Gasteiger charge is -2.09. The molecule has 0 bridgehead atoms. The third kappa shape index (κ3) is 2.98. The van der Waals surface area contributed by atoms with Gasteiger partial charge in [0.25, 0.3) is 0 Å². The number of rotatable bonds is 4. The number of carbonyl (C=O) groups is 1. The summed E-state index contributed by atoms with van der Waals surface area (Å²) in [6.07, 6.45) is 1.53. The number of imidazole rings is 1. The van der Waals surface area contributed by atoms with Gasteiger partial charge in [-0.3, -0.25) is 4.79 Å². The highest BCUT2D eigenvalue weighted by atomic mass is 35.5. The molecule has 0 aliphatic heterocycles. The van der Waals surface area contributed by atoms with Gasteiger partial charge in [-0.05, 0) is 19.9 Å². The van der Waals surface area contributed by atoms with Crippen molar-refractivity contribution in [3.63, 3.8) is 0 Å². The monoisotopic (exact) mass is 300 g/mol. The molecule has 19 heavy (non-hydrogen) atoms. The van der Waals surface area contributed by atoms with E-state index >= 15 is 0 Å². The van der Waals surface area contributed by atoms with Gasteiger partial charge in [-0.2, -0.15) is 0 Å². The van der Waals surface area contributed by atoms with Crippen LogP contribution in [0.1, 0.15) is 25.0 Å². The van der Waals surface area contributed by atoms with Crippen molar-refractivity contribution in [2.75, 3.05) is 6.54 Å². The van der Waals surface area contributed by atoms with Crippen molar-refractivity contribution in [2.24, 2.45) is 0 Å². The molecule has 7 heteroatoms. The zero-order valence-corrected chi connectivity index (χ0v) is 12.2. The maximum absolute atomic E-state index is 11.7. The van der Waals surface area contributed by atoms with Crippen molar-refractivity contribution in [1.82, 2.24) is 19.9 Å². The topological polar surface area (TPSA) is 59.8 Å². The predicted molar refractivity (Wildman–Crippen MR) is 75.5 cm³/mol. The average Bonchev–Trinajstić information content (AvgIpc) is 2.67. The van der Waals surface area contributed by atoms with E-state index in [4.69, 9.17) is 23.2 Å². The third-order valence-electron chi connectivity index (χ3n) is 2.61. The molecular formula is C12H14Cl2N4O. The van der Waals surface area contributed by atoms with Gasteiger partial charge >= 0.3 is 0 Å². The van der Waals surface area contributed by atoms with E-state index in [2.05, 4.69) is 15.3 Å². The van der Waals surface area contributed by atoms with Crippen molar-refractivity contribution >= 4 is 40.3 Å². The Bertz CT molecular complexity index is 609. The van der Waals surface area contributed by atoms with E-state index in [1.807, 2.05) is 6.92 Å². The molecule has 0 saturated carbocycles. The molecule has 0 fully saturated rings. The van der Waals surface area contributed by atoms with Crippen LogP contribution in [0, 0.1) is 0 Å². The van der Waals surface area contributed by atoms with Crippen molar-refractivity contribution in [3.8, 4) is 0 Å². The summed E-state index contributed by atoms with van der Waals surface area (Å²) in [6.45, 7) is 4.40. The summed E-state index contributed by atoms with van der Waals surface area (Å²) < 4.78 is 1.72. The first kappa shape index (κ1) is 14.1. The quantitative estimate of drug-likeness (QED) is 0.883. The molecule has 1 amide bonds. The third-order valence-corrected chi connectivity index (χ3v) is 3.01. The lowest BCUT2D eigenvalue weighted by Crippen LogP contribution is -2.28. The largest absolute Gasteiger partial charge is 0.355 e. The SMILES string of the molecule is CCNC(=O)Cn1c(C(C)Cl)nc2cc(Cl)cnc21. The van der Waals surface area contributed by atoms with Gasteiger partial charge in [0, 0.05) is 12.7 Å². The Balaban J connectivity index is 2.49. The number of hydrogen-bond donors (Lipinski definition) is 1. The predicted octanol–water partition coefficient (Wildman–Crippen LogP) is 2.52. The second-order valence-corrected chi connectivity index (χ2v) is 5.21. The van der Waals surface area contributed by atoms with Crippen LogP contribution in [0.3, 0.4) is 0 Å². The van der Waals surface area contributed by atoms with Crippen molar-refractivity contribution in [3.05, 3.63) is 23.1 Å². The maximum atomic E-state index is 11.7. The molecule has 2 aromatic heterocycles. The van der Waals surface area contributed by atoms with Crippen LogP contribution in [0.2, 0.25) is 5.02 Å². The summed E-state index contributed by atoms with van der Waals surface area (Å²) in [6, 6.07) is 1.71. The van der Waals surface area contributed by atoms with Gasteiger partial charge in [-0.25, -0.2) is 9.97 Å². The zero-order chi connectivity index (χ0) is 14.0. The van der Waals surface area contributed by atoms with Crippen LogP contribution in [0.4, 0.5) is 0 Å². The smallest absolute Gasteiger partial charge is 0.240 e. The minimum Gasteiger partial charge on any atom is -0.355 e. The Morgan fingerprint density at radius 3 is 2.95 bits per heavy atom. The van der Waals surface area contributed by atoms with E-state index < -0.39 is 0 Å². The van der Waals surface area contributed by atoms with Crippen LogP contribution in [-0.2, 0) is 11.3 Å². The summed E-state index contributed by atoms with van der Waals surface area (Å²) in [5, 5.41) is 2.93. The zero-order valence-electron chi connectivity index (χ0n) is 10.7. The minimum atomic E-state index is -0.317. The second-order valence-electron chi connectivity index (χ2n) is 4.12. The molecule has 5 nitrogen and oxygen atoms in total. The molecule has 102 valence electrons. The number of fused-ring (bicyclic) bond motifs is 1. The highest BCUT2D eigenvalue weighted by Crippen LogP contribution is 2.24. The normalized spacial score (nSPS) is 12.6. The summed E-state index contributed by atoms with van der Waals surface area (Å²) in [4.78, 5) is 20.4. The molecule has 1 atom stereocenters. The molecule has 0 aliphatic carbocycles. The fourth-order valence-corrected chi connectivity index (χ4v) is 2.18. The number of halogens is 2. The van der Waals surface area contributed by atoms with E-state index in [1.54, 1.807) is 17.6 Å². The Labute approximate surface area is 120 Å². The maximum Gasteiger partial charge on any atom is 0.240 e. The van der Waals surface area contributed by atoms with E-state index in [0.29, 0.717) is 28.6 Å². The molecule has 0 aromatic carbocycles. The molecule has 2 rings (SSSR count). The van der Waals surface area contributed by atoms with Gasteiger partial charge in [0.15, 0.2) is 5.65 Å². The number of nitrogens with zero attached hydrogens (tertiary/aromatic N) is 3. The molecule has 0 aliphatic rings. The molecule has 1 N–H and O–H groups in total.